The Kier molecular flexibility index (Phi) is 10.5. The molecule has 6 rings (SSSR count). The number of likely N-dealkylation sites (tertiary alicyclic amines) is 1. The Morgan fingerprint density at radius 2 is 1.69 bits per heavy atom. The van der Waals surface area contributed by atoms with E-state index in [1.807, 2.05) is 14.1 Å². The van der Waals surface area contributed by atoms with E-state index in [1.165, 1.54) is 54.3 Å². The van der Waals surface area contributed by atoms with Crippen molar-refractivity contribution in [3.8, 4) is 22.4 Å². The van der Waals surface area contributed by atoms with Crippen LogP contribution in [0.3, 0.4) is 0 Å². The van der Waals surface area contributed by atoms with E-state index >= 15 is 8.78 Å². The molecular formula is C36H42ClF2N8O5+. The fourth-order valence-electron chi connectivity index (χ4n) is 6.92. The van der Waals surface area contributed by atoms with Crippen molar-refractivity contribution in [2.24, 2.45) is 13.0 Å². The lowest BCUT2D eigenvalue weighted by Gasteiger charge is -2.37. The second-order valence-electron chi connectivity index (χ2n) is 13.8. The van der Waals surface area contributed by atoms with Crippen LogP contribution in [0.1, 0.15) is 33.1 Å². The van der Waals surface area contributed by atoms with Gasteiger partial charge in [0, 0.05) is 74.8 Å². The third-order valence-corrected chi connectivity index (χ3v) is 10.5. The molecule has 2 aromatic carbocycles. The second kappa shape index (κ2) is 14.7. The maximum Gasteiger partial charge on any atom is 0.291 e. The molecule has 0 radical (unpaired) electrons. The van der Waals surface area contributed by atoms with E-state index in [2.05, 4.69) is 15.4 Å². The summed E-state index contributed by atoms with van der Waals surface area (Å²) in [5.74, 6) is -3.69. The number of ether oxygens (including phenoxy) is 1. The number of benzene rings is 2. The lowest BCUT2D eigenvalue weighted by Crippen LogP contribution is -2.54. The summed E-state index contributed by atoms with van der Waals surface area (Å²) in [5, 5.41) is 17.7. The van der Waals surface area contributed by atoms with E-state index < -0.39 is 29.7 Å². The minimum Gasteiger partial charge on any atom is -0.383 e. The molecule has 4 heterocycles. The monoisotopic (exact) mass is 739 g/mol. The van der Waals surface area contributed by atoms with E-state index in [4.69, 9.17) is 16.3 Å². The summed E-state index contributed by atoms with van der Waals surface area (Å²) in [5.41, 5.74) is 1.82. The first-order valence-corrected chi connectivity index (χ1v) is 17.3. The van der Waals surface area contributed by atoms with Crippen LogP contribution in [0.25, 0.3) is 22.4 Å². The maximum absolute atomic E-state index is 15.5. The standard InChI is InChI=1S/C36H41ClF2N8O5/c1-21-27(19-41-46(21)15-17-52-5)23-8-9-25(31(39)30(23)38)29-20-40-32(43(29)2)33(48)42-22-6-7-24(28(37)18-22)34(49)44-11-13-45(14-12-44)35(50)26-10-16-47(3,4)36(26)51/h6-9,18-20,26,36,51H,10-17H2,1-5H3/p+1. The smallest absolute Gasteiger partial charge is 0.291 e. The number of imidazole rings is 1. The van der Waals surface area contributed by atoms with Crippen LogP contribution in [-0.2, 0) is 23.1 Å². The van der Waals surface area contributed by atoms with Gasteiger partial charge in [-0.1, -0.05) is 17.7 Å². The van der Waals surface area contributed by atoms with Crippen molar-refractivity contribution in [2.75, 3.05) is 65.9 Å². The molecule has 2 atom stereocenters. The molecular weight excluding hydrogens is 698 g/mol. The minimum absolute atomic E-state index is 0.0578. The van der Waals surface area contributed by atoms with Gasteiger partial charge in [-0.2, -0.15) is 5.10 Å². The van der Waals surface area contributed by atoms with Gasteiger partial charge in [-0.05, 0) is 31.2 Å². The summed E-state index contributed by atoms with van der Waals surface area (Å²) in [6, 6.07) is 7.41. The molecule has 4 aromatic rings. The molecule has 0 saturated carbocycles. The molecule has 2 aliphatic rings. The number of aliphatic hydroxyl groups excluding tert-OH is 1. The number of piperazine rings is 1. The molecule has 0 spiro atoms. The van der Waals surface area contributed by atoms with Gasteiger partial charge < -0.3 is 34.0 Å². The number of hydrogen-bond acceptors (Lipinski definition) is 7. The fraction of sp³-hybridized carbons (Fsp3) is 0.417. The Morgan fingerprint density at radius 1 is 1.02 bits per heavy atom. The van der Waals surface area contributed by atoms with Gasteiger partial charge in [-0.25, -0.2) is 13.8 Å². The summed E-state index contributed by atoms with van der Waals surface area (Å²) >= 11 is 6.52. The first-order chi connectivity index (χ1) is 24.7. The minimum atomic E-state index is -1.09. The molecule has 13 nitrogen and oxygen atoms in total. The van der Waals surface area contributed by atoms with Crippen molar-refractivity contribution in [1.29, 1.82) is 0 Å². The number of nitrogens with zero attached hydrogens (tertiary/aromatic N) is 7. The number of aromatic nitrogens is 4. The average molecular weight is 740 g/mol. The van der Waals surface area contributed by atoms with Gasteiger partial charge in [0.1, 0.15) is 5.92 Å². The molecule has 276 valence electrons. The molecule has 52 heavy (non-hydrogen) atoms. The zero-order chi connectivity index (χ0) is 37.5. The Balaban J connectivity index is 1.10. The number of rotatable bonds is 9. The Bertz CT molecular complexity index is 2020. The highest BCUT2D eigenvalue weighted by Crippen LogP contribution is 2.34. The average Bonchev–Trinajstić information content (AvgIpc) is 3.77. The van der Waals surface area contributed by atoms with Crippen molar-refractivity contribution in [1.82, 2.24) is 29.1 Å². The number of methoxy groups -OCH3 is 1. The van der Waals surface area contributed by atoms with Gasteiger partial charge in [0.25, 0.3) is 11.8 Å². The normalized spacial score (nSPS) is 18.6. The molecule has 2 fully saturated rings. The van der Waals surface area contributed by atoms with Gasteiger partial charge in [-0.3, -0.25) is 19.1 Å². The number of quaternary nitrogens is 1. The highest BCUT2D eigenvalue weighted by molar-refractivity contribution is 6.34. The van der Waals surface area contributed by atoms with Gasteiger partial charge in [0.05, 0.1) is 62.5 Å². The van der Waals surface area contributed by atoms with Crippen molar-refractivity contribution in [2.45, 2.75) is 26.1 Å². The fourth-order valence-corrected chi connectivity index (χ4v) is 7.18. The first-order valence-electron chi connectivity index (χ1n) is 16.9. The molecule has 2 aromatic heterocycles. The number of amides is 3. The Hall–Kier alpha value is -4.70. The number of carbonyl (C=O) groups is 3. The first kappa shape index (κ1) is 37.1. The van der Waals surface area contributed by atoms with Crippen LogP contribution in [0.2, 0.25) is 5.02 Å². The molecule has 0 bridgehead atoms. The maximum atomic E-state index is 15.5. The van der Waals surface area contributed by atoms with Crippen molar-refractivity contribution in [3.63, 3.8) is 0 Å². The lowest BCUT2D eigenvalue weighted by atomic mass is 10.0. The highest BCUT2D eigenvalue weighted by atomic mass is 35.5. The van der Waals surface area contributed by atoms with Crippen molar-refractivity contribution in [3.05, 3.63) is 76.5 Å². The third kappa shape index (κ3) is 6.93. The summed E-state index contributed by atoms with van der Waals surface area (Å²) in [4.78, 5) is 47.2. The van der Waals surface area contributed by atoms with Crippen LogP contribution < -0.4 is 5.32 Å². The number of anilines is 1. The van der Waals surface area contributed by atoms with Gasteiger partial charge in [0.15, 0.2) is 17.5 Å². The zero-order valence-electron chi connectivity index (χ0n) is 29.7. The van der Waals surface area contributed by atoms with Gasteiger partial charge in [-0.15, -0.1) is 0 Å². The molecule has 0 aliphatic carbocycles. The molecule has 2 N–H and O–H groups in total. The quantitative estimate of drug-likeness (QED) is 0.250. The third-order valence-electron chi connectivity index (χ3n) is 10.2. The van der Waals surface area contributed by atoms with Crippen molar-refractivity contribution < 1.29 is 37.5 Å². The van der Waals surface area contributed by atoms with E-state index in [0.29, 0.717) is 73.7 Å². The van der Waals surface area contributed by atoms with E-state index in [9.17, 15) is 19.5 Å². The van der Waals surface area contributed by atoms with Crippen LogP contribution in [0.5, 0.6) is 0 Å². The highest BCUT2D eigenvalue weighted by Gasteiger charge is 2.47. The number of halogens is 3. The zero-order valence-corrected chi connectivity index (χ0v) is 30.5. The summed E-state index contributed by atoms with van der Waals surface area (Å²) in [6.07, 6.45) is 2.63. The summed E-state index contributed by atoms with van der Waals surface area (Å²) in [7, 11) is 6.89. The molecule has 2 aliphatic heterocycles. The van der Waals surface area contributed by atoms with Crippen molar-refractivity contribution >= 4 is 35.0 Å². The molecule has 3 amide bonds. The largest absolute Gasteiger partial charge is 0.383 e. The number of nitrogens with one attached hydrogen (secondary N) is 1. The molecule has 16 heteroatoms. The van der Waals surface area contributed by atoms with Crippen LogP contribution in [0, 0.1) is 24.5 Å². The summed E-state index contributed by atoms with van der Waals surface area (Å²) in [6.45, 7) is 4.69. The predicted octanol–water partition coefficient (Wildman–Crippen LogP) is 3.79. The van der Waals surface area contributed by atoms with Gasteiger partial charge >= 0.3 is 0 Å². The van der Waals surface area contributed by atoms with E-state index in [0.717, 1.165) is 0 Å². The van der Waals surface area contributed by atoms with Crippen LogP contribution >= 0.6 is 11.6 Å². The SMILES string of the molecule is COCCn1ncc(-c2ccc(-c3cnc(C(=O)Nc4ccc(C(=O)N5CCN(C(=O)C6CC[N+](C)(C)C6O)CC5)c(Cl)c4)n3C)c(F)c2F)c1C. The number of carbonyl (C=O) groups excluding carboxylic acids is 3. The van der Waals surface area contributed by atoms with Gasteiger partial charge in [0.2, 0.25) is 12.1 Å². The van der Waals surface area contributed by atoms with E-state index in [-0.39, 0.29) is 45.0 Å². The predicted molar refractivity (Wildman–Crippen MR) is 189 cm³/mol. The summed E-state index contributed by atoms with van der Waals surface area (Å²) < 4.78 is 39.4. The molecule has 2 saturated heterocycles. The van der Waals surface area contributed by atoms with E-state index in [1.54, 1.807) is 28.5 Å². The number of aliphatic hydroxyl groups is 1. The molecule has 2 unspecified atom stereocenters. The Morgan fingerprint density at radius 3 is 2.35 bits per heavy atom. The lowest BCUT2D eigenvalue weighted by molar-refractivity contribution is -0.924. The topological polar surface area (TPSA) is 135 Å². The Labute approximate surface area is 304 Å². The number of hydrogen-bond donors (Lipinski definition) is 2. The van der Waals surface area contributed by atoms with Crippen LogP contribution in [0.15, 0.2) is 42.7 Å². The van der Waals surface area contributed by atoms with Crippen LogP contribution in [0.4, 0.5) is 14.5 Å². The second-order valence-corrected chi connectivity index (χ2v) is 14.2. The van der Waals surface area contributed by atoms with Crippen LogP contribution in [-0.4, -0.2) is 123 Å².